The summed E-state index contributed by atoms with van der Waals surface area (Å²) in [6.45, 7) is 2.17. The second-order valence-electron chi connectivity index (χ2n) is 3.61. The molecule has 2 unspecified atom stereocenters. The Morgan fingerprint density at radius 1 is 1.36 bits per heavy atom. The number of halogens is 1. The molecule has 1 rings (SSSR count). The van der Waals surface area contributed by atoms with Crippen molar-refractivity contribution in [3.63, 3.8) is 0 Å². The van der Waals surface area contributed by atoms with Crippen LogP contribution in [0, 0.1) is 5.92 Å². The van der Waals surface area contributed by atoms with Crippen LogP contribution < -0.4 is 0 Å². The van der Waals surface area contributed by atoms with Gasteiger partial charge in [0.2, 0.25) is 0 Å². The molecule has 0 radical (unpaired) electrons. The molecule has 0 aromatic carbocycles. The van der Waals surface area contributed by atoms with E-state index in [0.717, 1.165) is 19.3 Å². The van der Waals surface area contributed by atoms with Crippen LogP contribution >= 0.6 is 11.6 Å². The molecule has 3 heteroatoms. The third kappa shape index (κ3) is 3.06. The highest BCUT2D eigenvalue weighted by molar-refractivity contribution is 8.20. The van der Waals surface area contributed by atoms with Gasteiger partial charge in [-0.1, -0.05) is 6.92 Å². The number of rotatable bonds is 1. The van der Waals surface area contributed by atoms with Crippen molar-refractivity contribution in [2.75, 3.05) is 0 Å². The molecule has 0 spiro atoms. The van der Waals surface area contributed by atoms with Gasteiger partial charge < -0.3 is 0 Å². The van der Waals surface area contributed by atoms with Gasteiger partial charge in [-0.15, -0.1) is 0 Å². The Morgan fingerprint density at radius 3 is 2.73 bits per heavy atom. The van der Waals surface area contributed by atoms with Crippen LogP contribution in [-0.4, -0.2) is 18.5 Å². The van der Waals surface area contributed by atoms with Gasteiger partial charge in [0, 0.05) is 0 Å². The Bertz CT molecular complexity index is 121. The molecule has 0 saturated heterocycles. The molecule has 1 aliphatic carbocycles. The van der Waals surface area contributed by atoms with Crippen molar-refractivity contribution in [1.29, 1.82) is 0 Å². The maximum absolute atomic E-state index is 13.0. The molecule has 1 aliphatic rings. The Hall–Kier alpha value is 0.345. The molecule has 11 heavy (non-hydrogen) atoms. The molecule has 0 N–H and O–H groups in total. The van der Waals surface area contributed by atoms with Crippen LogP contribution in [0.5, 0.6) is 0 Å². The van der Waals surface area contributed by atoms with Crippen LogP contribution in [0.4, 0.5) is 4.39 Å². The van der Waals surface area contributed by atoms with E-state index in [9.17, 15) is 4.39 Å². The van der Waals surface area contributed by atoms with Gasteiger partial charge in [0.05, 0.1) is 0 Å². The fraction of sp³-hybridized carbons (Fsp3) is 1.00. The number of alkyl halides is 1. The van der Waals surface area contributed by atoms with E-state index >= 15 is 0 Å². The number of hydrogen-bond donors (Lipinski definition) is 0. The zero-order valence-corrected chi connectivity index (χ0v) is 8.16. The molecular weight excluding hydrogens is 158 g/mol. The summed E-state index contributed by atoms with van der Waals surface area (Å²) in [5.41, 5.74) is 0. The second-order valence-corrected chi connectivity index (χ2v) is 4.75. The third-order valence-corrected chi connectivity index (χ3v) is 3.55. The van der Waals surface area contributed by atoms with Gasteiger partial charge >= 0.3 is 0 Å². The van der Waals surface area contributed by atoms with Crippen LogP contribution in [0.1, 0.15) is 32.6 Å². The fourth-order valence-corrected chi connectivity index (χ4v) is 2.69. The van der Waals surface area contributed by atoms with Gasteiger partial charge in [-0.05, 0) is 36.9 Å². The maximum atomic E-state index is 13.0. The zero-order chi connectivity index (χ0) is 8.27. The molecule has 3 atom stereocenters. The first-order valence-corrected chi connectivity index (χ1v) is 5.68. The lowest BCUT2D eigenvalue weighted by Crippen LogP contribution is -2.04. The highest BCUT2D eigenvalue weighted by atomic mass is 32.2. The quantitative estimate of drug-likeness (QED) is 0.433. The van der Waals surface area contributed by atoms with Crippen LogP contribution in [-0.2, 0) is 0 Å². The first-order valence-electron chi connectivity index (χ1n) is 4.39. The van der Waals surface area contributed by atoms with Gasteiger partial charge in [-0.2, -0.15) is 0 Å². The average Bonchev–Trinajstić information content (AvgIpc) is 2.11. The lowest BCUT2D eigenvalue weighted by molar-refractivity contribution is 0.275. The van der Waals surface area contributed by atoms with Gasteiger partial charge in [-0.25, -0.2) is 16.0 Å². The van der Waals surface area contributed by atoms with E-state index in [1.165, 1.54) is 6.42 Å². The molecule has 0 aromatic rings. The molecule has 0 bridgehead atoms. The lowest BCUT2D eigenvalue weighted by Gasteiger charge is -2.13. The van der Waals surface area contributed by atoms with E-state index in [2.05, 4.69) is 14.0 Å². The molecule has 1 saturated carbocycles. The Kier molecular flexibility index (Phi) is 3.76. The van der Waals surface area contributed by atoms with E-state index in [4.69, 9.17) is 0 Å². The van der Waals surface area contributed by atoms with Gasteiger partial charge in [0.1, 0.15) is 6.17 Å². The van der Waals surface area contributed by atoms with Crippen molar-refractivity contribution in [2.24, 2.45) is 5.92 Å². The van der Waals surface area contributed by atoms with Gasteiger partial charge in [-0.3, -0.25) is 0 Å². The average molecular weight is 174 g/mol. The summed E-state index contributed by atoms with van der Waals surface area (Å²) in [7, 11) is 2.13. The molecule has 0 aliphatic heterocycles. The van der Waals surface area contributed by atoms with E-state index < -0.39 is 6.17 Å². The first-order chi connectivity index (χ1) is 5.22. The summed E-state index contributed by atoms with van der Waals surface area (Å²) in [4.78, 5) is 0. The third-order valence-electron chi connectivity index (χ3n) is 2.46. The van der Waals surface area contributed by atoms with Crippen molar-refractivity contribution in [1.82, 2.24) is 0 Å². The minimum atomic E-state index is -0.526. The van der Waals surface area contributed by atoms with Crippen molar-refractivity contribution >= 4 is 18.7 Å². The Balaban J connectivity index is 2.39. The molecular formula is C8H16BFS. The fourth-order valence-electron chi connectivity index (χ4n) is 1.80. The van der Waals surface area contributed by atoms with Crippen LogP contribution in [0.3, 0.4) is 0 Å². The minimum Gasteiger partial charge on any atom is -0.247 e. The van der Waals surface area contributed by atoms with Crippen LogP contribution in [0.25, 0.3) is 0 Å². The number of hydrogen-bond acceptors (Lipinski definition) is 1. The van der Waals surface area contributed by atoms with Crippen molar-refractivity contribution in [3.05, 3.63) is 0 Å². The Labute approximate surface area is 73.6 Å². The first kappa shape index (κ1) is 9.43. The maximum Gasteiger partial charge on any atom is 0.173 e. The van der Waals surface area contributed by atoms with E-state index in [0.29, 0.717) is 11.2 Å². The predicted octanol–water partition coefficient (Wildman–Crippen LogP) is 2.18. The van der Waals surface area contributed by atoms with E-state index in [1.54, 1.807) is 0 Å². The molecule has 0 amide bonds. The standard InChI is InChI=1S/C8H16BFS/c1-6-4-7(10)2-3-8(5-6)11-9/h6-8H,2-5,9H2,1H3/t6?,7-,8?/m0/s1. The summed E-state index contributed by atoms with van der Waals surface area (Å²) in [6.07, 6.45) is 3.34. The SMILES string of the molecule is BSC1CC[C@H](F)CC(C)C1. The molecule has 0 heterocycles. The topological polar surface area (TPSA) is 0 Å². The van der Waals surface area contributed by atoms with E-state index in [-0.39, 0.29) is 0 Å². The smallest absolute Gasteiger partial charge is 0.173 e. The highest BCUT2D eigenvalue weighted by Gasteiger charge is 2.21. The van der Waals surface area contributed by atoms with Gasteiger partial charge in [0.25, 0.3) is 0 Å². The monoisotopic (exact) mass is 174 g/mol. The highest BCUT2D eigenvalue weighted by Crippen LogP contribution is 2.30. The van der Waals surface area contributed by atoms with Crippen molar-refractivity contribution in [3.8, 4) is 0 Å². The summed E-state index contributed by atoms with van der Waals surface area (Å²) in [5.74, 6) is 0.588. The zero-order valence-electron chi connectivity index (χ0n) is 7.35. The second kappa shape index (κ2) is 4.39. The van der Waals surface area contributed by atoms with Gasteiger partial charge in [0.15, 0.2) is 7.12 Å². The van der Waals surface area contributed by atoms with Crippen LogP contribution in [0.2, 0.25) is 0 Å². The normalized spacial score (nSPS) is 40.0. The predicted molar refractivity (Wildman–Crippen MR) is 52.5 cm³/mol. The molecule has 0 aromatic heterocycles. The summed E-state index contributed by atoms with van der Waals surface area (Å²) < 4.78 is 13.0. The molecule has 1 fully saturated rings. The summed E-state index contributed by atoms with van der Waals surface area (Å²) >= 11 is 1.90. The summed E-state index contributed by atoms with van der Waals surface area (Å²) in [5, 5.41) is 0.714. The van der Waals surface area contributed by atoms with E-state index in [1.807, 2.05) is 11.6 Å². The molecule has 0 nitrogen and oxygen atoms in total. The largest absolute Gasteiger partial charge is 0.247 e. The minimum absolute atomic E-state index is 0.526. The van der Waals surface area contributed by atoms with Crippen molar-refractivity contribution in [2.45, 2.75) is 44.0 Å². The van der Waals surface area contributed by atoms with Crippen LogP contribution in [0.15, 0.2) is 0 Å². The van der Waals surface area contributed by atoms with Crippen molar-refractivity contribution < 1.29 is 4.39 Å². The molecule has 64 valence electrons. The summed E-state index contributed by atoms with van der Waals surface area (Å²) in [6, 6.07) is 0. The lowest BCUT2D eigenvalue weighted by atomic mass is 10.0. The Morgan fingerprint density at radius 2 is 2.09 bits per heavy atom.